The molecule has 7 heteroatoms. The number of halogens is 1. The SMILES string of the molecule is CC(C)n1ncc2cc(NC(=O)COc3cccc(Cl)c3)cnc21. The van der Waals surface area contributed by atoms with Crippen LogP contribution in [0.1, 0.15) is 19.9 Å². The monoisotopic (exact) mass is 344 g/mol. The van der Waals surface area contributed by atoms with E-state index < -0.39 is 0 Å². The van der Waals surface area contributed by atoms with Gasteiger partial charge in [-0.3, -0.25) is 4.79 Å². The number of fused-ring (bicyclic) bond motifs is 1. The van der Waals surface area contributed by atoms with E-state index >= 15 is 0 Å². The van der Waals surface area contributed by atoms with Gasteiger partial charge in [-0.25, -0.2) is 9.67 Å². The van der Waals surface area contributed by atoms with E-state index in [2.05, 4.69) is 15.4 Å². The molecule has 2 heterocycles. The zero-order chi connectivity index (χ0) is 17.1. The van der Waals surface area contributed by atoms with Crippen LogP contribution in [0.15, 0.2) is 42.7 Å². The molecule has 3 rings (SSSR count). The molecule has 0 unspecified atom stereocenters. The number of nitrogens with one attached hydrogen (secondary N) is 1. The lowest BCUT2D eigenvalue weighted by molar-refractivity contribution is -0.118. The summed E-state index contributed by atoms with van der Waals surface area (Å²) < 4.78 is 7.25. The standard InChI is InChI=1S/C17H17ClN4O2/c1-11(2)22-17-12(8-20-22)6-14(9-19-17)21-16(23)10-24-15-5-3-4-13(18)7-15/h3-9,11H,10H2,1-2H3,(H,21,23). The number of anilines is 1. The molecule has 124 valence electrons. The predicted octanol–water partition coefficient (Wildman–Crippen LogP) is 3.68. The van der Waals surface area contributed by atoms with Crippen LogP contribution in [0.25, 0.3) is 11.0 Å². The molecular weight excluding hydrogens is 328 g/mol. The van der Waals surface area contributed by atoms with Gasteiger partial charge in [0, 0.05) is 16.5 Å². The predicted molar refractivity (Wildman–Crippen MR) is 93.5 cm³/mol. The summed E-state index contributed by atoms with van der Waals surface area (Å²) in [5, 5.41) is 8.50. The Kier molecular flexibility index (Phi) is 4.66. The van der Waals surface area contributed by atoms with Crippen molar-refractivity contribution >= 4 is 34.2 Å². The Balaban J connectivity index is 1.65. The summed E-state index contributed by atoms with van der Waals surface area (Å²) >= 11 is 5.87. The molecule has 0 spiro atoms. The van der Waals surface area contributed by atoms with Crippen molar-refractivity contribution in [3.8, 4) is 5.75 Å². The number of ether oxygens (including phenoxy) is 1. The first kappa shape index (κ1) is 16.3. The van der Waals surface area contributed by atoms with Gasteiger partial charge in [0.05, 0.1) is 18.1 Å². The minimum absolute atomic E-state index is 0.108. The average Bonchev–Trinajstić information content (AvgIpc) is 2.96. The highest BCUT2D eigenvalue weighted by atomic mass is 35.5. The molecule has 0 saturated heterocycles. The maximum Gasteiger partial charge on any atom is 0.262 e. The fraction of sp³-hybridized carbons (Fsp3) is 0.235. The third-order valence-corrected chi connectivity index (χ3v) is 3.61. The third kappa shape index (κ3) is 3.65. The van der Waals surface area contributed by atoms with Gasteiger partial charge in [-0.15, -0.1) is 0 Å². The minimum Gasteiger partial charge on any atom is -0.484 e. The molecule has 1 aromatic carbocycles. The van der Waals surface area contributed by atoms with Gasteiger partial charge in [-0.2, -0.15) is 5.10 Å². The topological polar surface area (TPSA) is 69.0 Å². The van der Waals surface area contributed by atoms with Crippen LogP contribution in [-0.2, 0) is 4.79 Å². The van der Waals surface area contributed by atoms with Crippen LogP contribution in [0, 0.1) is 0 Å². The minimum atomic E-state index is -0.271. The number of carbonyl (C=O) groups is 1. The Morgan fingerprint density at radius 1 is 1.33 bits per heavy atom. The van der Waals surface area contributed by atoms with Crippen LogP contribution in [-0.4, -0.2) is 27.3 Å². The molecule has 1 N–H and O–H groups in total. The van der Waals surface area contributed by atoms with Crippen LogP contribution < -0.4 is 10.1 Å². The lowest BCUT2D eigenvalue weighted by Crippen LogP contribution is -2.20. The second-order valence-electron chi connectivity index (χ2n) is 5.61. The van der Waals surface area contributed by atoms with Gasteiger partial charge in [-0.1, -0.05) is 17.7 Å². The van der Waals surface area contributed by atoms with Crippen LogP contribution >= 0.6 is 11.6 Å². The number of benzene rings is 1. The number of hydrogen-bond donors (Lipinski definition) is 1. The zero-order valence-corrected chi connectivity index (χ0v) is 14.1. The summed E-state index contributed by atoms with van der Waals surface area (Å²) in [6, 6.07) is 8.97. The molecule has 3 aromatic rings. The van der Waals surface area contributed by atoms with Gasteiger partial charge < -0.3 is 10.1 Å². The molecule has 0 aliphatic rings. The fourth-order valence-corrected chi connectivity index (χ4v) is 2.47. The number of amides is 1. The molecule has 0 aliphatic carbocycles. The fourth-order valence-electron chi connectivity index (χ4n) is 2.29. The Morgan fingerprint density at radius 3 is 2.92 bits per heavy atom. The molecule has 0 bridgehead atoms. The summed E-state index contributed by atoms with van der Waals surface area (Å²) in [6.07, 6.45) is 3.35. The van der Waals surface area contributed by atoms with Crippen molar-refractivity contribution in [1.82, 2.24) is 14.8 Å². The van der Waals surface area contributed by atoms with Crippen molar-refractivity contribution in [1.29, 1.82) is 0 Å². The van der Waals surface area contributed by atoms with E-state index in [-0.39, 0.29) is 18.6 Å². The summed E-state index contributed by atoms with van der Waals surface area (Å²) in [5.74, 6) is 0.275. The Hall–Kier alpha value is -2.60. The normalized spacial score (nSPS) is 11.0. The first-order chi connectivity index (χ1) is 11.5. The zero-order valence-electron chi connectivity index (χ0n) is 13.4. The molecule has 0 atom stereocenters. The Labute approximate surface area is 144 Å². The van der Waals surface area contributed by atoms with E-state index in [4.69, 9.17) is 16.3 Å². The Bertz CT molecular complexity index is 876. The summed E-state index contributed by atoms with van der Waals surface area (Å²) in [5.41, 5.74) is 1.39. The first-order valence-electron chi connectivity index (χ1n) is 7.54. The van der Waals surface area contributed by atoms with E-state index in [1.807, 2.05) is 24.6 Å². The maximum absolute atomic E-state index is 12.0. The molecule has 1 amide bonds. The molecule has 0 radical (unpaired) electrons. The van der Waals surface area contributed by atoms with Gasteiger partial charge in [0.2, 0.25) is 0 Å². The lowest BCUT2D eigenvalue weighted by atomic mass is 10.3. The molecule has 24 heavy (non-hydrogen) atoms. The Morgan fingerprint density at radius 2 is 2.17 bits per heavy atom. The second kappa shape index (κ2) is 6.88. The van der Waals surface area contributed by atoms with Crippen molar-refractivity contribution in [3.05, 3.63) is 47.7 Å². The van der Waals surface area contributed by atoms with Crippen LogP contribution in [0.2, 0.25) is 5.02 Å². The van der Waals surface area contributed by atoms with Crippen LogP contribution in [0.3, 0.4) is 0 Å². The van der Waals surface area contributed by atoms with Crippen molar-refractivity contribution in [2.24, 2.45) is 0 Å². The first-order valence-corrected chi connectivity index (χ1v) is 7.92. The van der Waals surface area contributed by atoms with Gasteiger partial charge in [0.25, 0.3) is 5.91 Å². The second-order valence-corrected chi connectivity index (χ2v) is 6.05. The quantitative estimate of drug-likeness (QED) is 0.766. The van der Waals surface area contributed by atoms with E-state index in [1.54, 1.807) is 36.7 Å². The summed E-state index contributed by atoms with van der Waals surface area (Å²) in [4.78, 5) is 16.4. The number of rotatable bonds is 5. The maximum atomic E-state index is 12.0. The van der Waals surface area contributed by atoms with Gasteiger partial charge in [0.1, 0.15) is 5.75 Å². The largest absolute Gasteiger partial charge is 0.484 e. The highest BCUT2D eigenvalue weighted by molar-refractivity contribution is 6.30. The molecule has 6 nitrogen and oxygen atoms in total. The van der Waals surface area contributed by atoms with E-state index in [9.17, 15) is 4.79 Å². The van der Waals surface area contributed by atoms with Gasteiger partial charge in [0.15, 0.2) is 12.3 Å². The number of nitrogens with zero attached hydrogens (tertiary/aromatic N) is 3. The number of carbonyl (C=O) groups excluding carboxylic acids is 1. The van der Waals surface area contributed by atoms with Crippen LogP contribution in [0.4, 0.5) is 5.69 Å². The number of pyridine rings is 1. The van der Waals surface area contributed by atoms with E-state index in [0.717, 1.165) is 11.0 Å². The van der Waals surface area contributed by atoms with Crippen molar-refractivity contribution in [3.63, 3.8) is 0 Å². The van der Waals surface area contributed by atoms with Crippen molar-refractivity contribution < 1.29 is 9.53 Å². The van der Waals surface area contributed by atoms with Crippen molar-refractivity contribution in [2.45, 2.75) is 19.9 Å². The van der Waals surface area contributed by atoms with Crippen LogP contribution in [0.5, 0.6) is 5.75 Å². The summed E-state index contributed by atoms with van der Waals surface area (Å²) in [7, 11) is 0. The number of hydrogen-bond acceptors (Lipinski definition) is 4. The average molecular weight is 345 g/mol. The smallest absolute Gasteiger partial charge is 0.262 e. The number of aromatic nitrogens is 3. The molecule has 0 saturated carbocycles. The summed E-state index contributed by atoms with van der Waals surface area (Å²) in [6.45, 7) is 3.97. The third-order valence-electron chi connectivity index (χ3n) is 3.37. The highest BCUT2D eigenvalue weighted by Gasteiger charge is 2.09. The molecule has 0 fully saturated rings. The van der Waals surface area contributed by atoms with E-state index in [0.29, 0.717) is 16.5 Å². The van der Waals surface area contributed by atoms with Gasteiger partial charge >= 0.3 is 0 Å². The van der Waals surface area contributed by atoms with Gasteiger partial charge in [-0.05, 0) is 38.1 Å². The van der Waals surface area contributed by atoms with Crippen molar-refractivity contribution in [2.75, 3.05) is 11.9 Å². The lowest BCUT2D eigenvalue weighted by Gasteiger charge is -2.09. The molecule has 0 aliphatic heterocycles. The highest BCUT2D eigenvalue weighted by Crippen LogP contribution is 2.19. The van der Waals surface area contributed by atoms with E-state index in [1.165, 1.54) is 0 Å². The molecular formula is C17H17ClN4O2. The molecule has 2 aromatic heterocycles.